The molecule has 116 valence electrons. The Hall–Kier alpha value is -1.32. The number of halogens is 6. The Morgan fingerprint density at radius 2 is 1.65 bits per heavy atom. The average Bonchev–Trinajstić information content (AvgIpc) is 2.60. The lowest BCUT2D eigenvalue weighted by atomic mass is 10.1. The average molecular weight is 305 g/mol. The van der Waals surface area contributed by atoms with Gasteiger partial charge in [0.15, 0.2) is 0 Å². The molecule has 0 saturated carbocycles. The summed E-state index contributed by atoms with van der Waals surface area (Å²) in [6.45, 7) is 4.50. The van der Waals surface area contributed by atoms with E-state index in [9.17, 15) is 26.3 Å². The zero-order chi connectivity index (χ0) is 15.8. The Morgan fingerprint density at radius 3 is 2.00 bits per heavy atom. The zero-order valence-corrected chi connectivity index (χ0v) is 10.9. The summed E-state index contributed by atoms with van der Waals surface area (Å²) >= 11 is 0. The molecule has 0 bridgehead atoms. The van der Waals surface area contributed by atoms with E-state index in [4.69, 9.17) is 0 Å². The first-order valence-corrected chi connectivity index (χ1v) is 5.53. The molecule has 0 aromatic carbocycles. The quantitative estimate of drug-likeness (QED) is 0.872. The molecule has 0 spiro atoms. The molecule has 0 saturated heterocycles. The second kappa shape index (κ2) is 5.23. The van der Waals surface area contributed by atoms with Crippen molar-refractivity contribution in [2.24, 2.45) is 0 Å². The molecule has 0 aliphatic carbocycles. The standard InChI is InChI=1S/C10H13F6N3O/c1-8(2,3)18-5(9(11,12)13)4-6-17-7(19-20-6)10(14,15)16/h5,18H,4H2,1-3H3/t5-/m0/s1. The molecule has 1 N–H and O–H groups in total. The summed E-state index contributed by atoms with van der Waals surface area (Å²) < 4.78 is 79.3. The van der Waals surface area contributed by atoms with Crippen LogP contribution in [0.4, 0.5) is 26.3 Å². The fraction of sp³-hybridized carbons (Fsp3) is 0.800. The summed E-state index contributed by atoms with van der Waals surface area (Å²) in [6, 6.07) is -2.08. The van der Waals surface area contributed by atoms with Gasteiger partial charge >= 0.3 is 12.4 Å². The Labute approximate surface area is 110 Å². The first-order valence-electron chi connectivity index (χ1n) is 5.53. The van der Waals surface area contributed by atoms with Gasteiger partial charge in [-0.1, -0.05) is 5.16 Å². The van der Waals surface area contributed by atoms with E-state index in [-0.39, 0.29) is 0 Å². The molecular formula is C10H13F6N3O. The van der Waals surface area contributed by atoms with Gasteiger partial charge in [-0.05, 0) is 20.8 Å². The van der Waals surface area contributed by atoms with Gasteiger partial charge in [-0.15, -0.1) is 0 Å². The third-order valence-electron chi connectivity index (χ3n) is 2.10. The molecule has 4 nitrogen and oxygen atoms in total. The van der Waals surface area contributed by atoms with Gasteiger partial charge in [0.2, 0.25) is 5.89 Å². The summed E-state index contributed by atoms with van der Waals surface area (Å²) in [6.07, 6.45) is -10.4. The smallest absolute Gasteiger partial charge is 0.339 e. The van der Waals surface area contributed by atoms with E-state index < -0.39 is 42.1 Å². The van der Waals surface area contributed by atoms with Crippen LogP contribution in [0, 0.1) is 0 Å². The lowest BCUT2D eigenvalue weighted by Gasteiger charge is -2.29. The van der Waals surface area contributed by atoms with Crippen LogP contribution in [0.2, 0.25) is 0 Å². The van der Waals surface area contributed by atoms with Crippen molar-refractivity contribution in [1.82, 2.24) is 15.5 Å². The molecule has 0 unspecified atom stereocenters. The van der Waals surface area contributed by atoms with E-state index in [2.05, 4.69) is 20.0 Å². The molecular weight excluding hydrogens is 292 g/mol. The van der Waals surface area contributed by atoms with E-state index in [1.54, 1.807) is 0 Å². The molecule has 1 aromatic heterocycles. The predicted octanol–water partition coefficient (Wildman–Crippen LogP) is 2.95. The van der Waals surface area contributed by atoms with Crippen LogP contribution in [-0.2, 0) is 12.6 Å². The van der Waals surface area contributed by atoms with Crippen LogP contribution < -0.4 is 5.32 Å². The Balaban J connectivity index is 2.88. The van der Waals surface area contributed by atoms with Gasteiger partial charge in [0, 0.05) is 5.54 Å². The molecule has 1 atom stereocenters. The van der Waals surface area contributed by atoms with Gasteiger partial charge in [-0.25, -0.2) is 0 Å². The highest BCUT2D eigenvalue weighted by Crippen LogP contribution is 2.28. The Bertz CT molecular complexity index is 445. The molecule has 20 heavy (non-hydrogen) atoms. The highest BCUT2D eigenvalue weighted by molar-refractivity contribution is 4.95. The number of alkyl halides is 6. The Kier molecular flexibility index (Phi) is 4.37. The minimum absolute atomic E-state index is 0.726. The molecule has 0 fully saturated rings. The van der Waals surface area contributed by atoms with Gasteiger partial charge in [0.1, 0.15) is 6.04 Å². The minimum atomic E-state index is -4.85. The second-order valence-corrected chi connectivity index (χ2v) is 5.20. The van der Waals surface area contributed by atoms with Crippen LogP contribution in [0.5, 0.6) is 0 Å². The van der Waals surface area contributed by atoms with E-state index in [1.807, 2.05) is 0 Å². The number of aromatic nitrogens is 2. The molecule has 1 heterocycles. The van der Waals surface area contributed by atoms with Gasteiger partial charge < -0.3 is 9.84 Å². The lowest BCUT2D eigenvalue weighted by Crippen LogP contribution is -2.52. The van der Waals surface area contributed by atoms with Crippen LogP contribution in [0.3, 0.4) is 0 Å². The number of hydrogen-bond donors (Lipinski definition) is 1. The summed E-state index contributed by atoms with van der Waals surface area (Å²) in [5.74, 6) is -2.32. The van der Waals surface area contributed by atoms with E-state index in [0.717, 1.165) is 0 Å². The first kappa shape index (κ1) is 16.7. The van der Waals surface area contributed by atoms with Crippen LogP contribution in [0.25, 0.3) is 0 Å². The van der Waals surface area contributed by atoms with Crippen molar-refractivity contribution >= 4 is 0 Å². The predicted molar refractivity (Wildman–Crippen MR) is 55.7 cm³/mol. The molecule has 1 aromatic rings. The molecule has 0 aliphatic rings. The summed E-state index contributed by atoms with van der Waals surface area (Å²) in [5.41, 5.74) is -0.882. The maximum Gasteiger partial charge on any atom is 0.455 e. The van der Waals surface area contributed by atoms with Crippen LogP contribution >= 0.6 is 0 Å². The minimum Gasteiger partial charge on any atom is -0.339 e. The van der Waals surface area contributed by atoms with E-state index in [1.165, 1.54) is 20.8 Å². The topological polar surface area (TPSA) is 51.0 Å². The Morgan fingerprint density at radius 1 is 1.10 bits per heavy atom. The van der Waals surface area contributed by atoms with Gasteiger partial charge in [-0.3, -0.25) is 0 Å². The number of nitrogens with one attached hydrogen (secondary N) is 1. The van der Waals surface area contributed by atoms with Crippen molar-refractivity contribution in [1.29, 1.82) is 0 Å². The summed E-state index contributed by atoms with van der Waals surface area (Å²) in [7, 11) is 0. The molecule has 0 aliphatic heterocycles. The molecule has 10 heteroatoms. The highest BCUT2D eigenvalue weighted by Gasteiger charge is 2.43. The normalized spacial score (nSPS) is 15.4. The van der Waals surface area contributed by atoms with Gasteiger partial charge in [-0.2, -0.15) is 31.3 Å². The van der Waals surface area contributed by atoms with Crippen molar-refractivity contribution in [2.45, 2.75) is 51.1 Å². The van der Waals surface area contributed by atoms with Crippen molar-refractivity contribution in [3.05, 3.63) is 11.7 Å². The molecule has 0 radical (unpaired) electrons. The van der Waals surface area contributed by atoms with Crippen molar-refractivity contribution in [2.75, 3.05) is 0 Å². The fourth-order valence-electron chi connectivity index (χ4n) is 1.40. The van der Waals surface area contributed by atoms with Gasteiger partial charge in [0.25, 0.3) is 5.82 Å². The van der Waals surface area contributed by atoms with Crippen LogP contribution in [0.1, 0.15) is 32.5 Å². The fourth-order valence-corrected chi connectivity index (χ4v) is 1.40. The van der Waals surface area contributed by atoms with E-state index >= 15 is 0 Å². The van der Waals surface area contributed by atoms with Gasteiger partial charge in [0.05, 0.1) is 6.42 Å². The van der Waals surface area contributed by atoms with Crippen molar-refractivity contribution < 1.29 is 30.9 Å². The number of nitrogens with zero attached hydrogens (tertiary/aromatic N) is 2. The largest absolute Gasteiger partial charge is 0.455 e. The first-order chi connectivity index (χ1) is 8.79. The van der Waals surface area contributed by atoms with E-state index in [0.29, 0.717) is 0 Å². The maximum absolute atomic E-state index is 12.8. The molecule has 0 amide bonds. The van der Waals surface area contributed by atoms with Crippen molar-refractivity contribution in [3.63, 3.8) is 0 Å². The zero-order valence-electron chi connectivity index (χ0n) is 10.9. The lowest BCUT2D eigenvalue weighted by molar-refractivity contribution is -0.160. The SMILES string of the molecule is CC(C)(C)N[C@@H](Cc1nc(C(F)(F)F)no1)C(F)(F)F. The molecule has 1 rings (SSSR count). The third-order valence-corrected chi connectivity index (χ3v) is 2.10. The monoisotopic (exact) mass is 305 g/mol. The maximum atomic E-state index is 12.8. The van der Waals surface area contributed by atoms with Crippen molar-refractivity contribution in [3.8, 4) is 0 Å². The van der Waals surface area contributed by atoms with Crippen LogP contribution in [0.15, 0.2) is 4.52 Å². The number of rotatable bonds is 3. The summed E-state index contributed by atoms with van der Waals surface area (Å²) in [4.78, 5) is 2.92. The third kappa shape index (κ3) is 4.99. The second-order valence-electron chi connectivity index (χ2n) is 5.20. The number of hydrogen-bond acceptors (Lipinski definition) is 4. The highest BCUT2D eigenvalue weighted by atomic mass is 19.4. The summed E-state index contributed by atoms with van der Waals surface area (Å²) in [5, 5.41) is 4.87. The van der Waals surface area contributed by atoms with Crippen LogP contribution in [-0.4, -0.2) is 27.9 Å².